The molecular formula is C8H10F3N. The maximum atomic E-state index is 12.0. The van der Waals surface area contributed by atoms with E-state index in [1.807, 2.05) is 0 Å². The van der Waals surface area contributed by atoms with Gasteiger partial charge in [-0.2, -0.15) is 13.2 Å². The Morgan fingerprint density at radius 1 is 1.42 bits per heavy atom. The van der Waals surface area contributed by atoms with Crippen molar-refractivity contribution in [2.75, 3.05) is 7.05 Å². The maximum Gasteiger partial charge on any atom is 0.432 e. The highest BCUT2D eigenvalue weighted by molar-refractivity contribution is 6.00. The molecule has 0 spiro atoms. The van der Waals surface area contributed by atoms with E-state index in [1.54, 1.807) is 0 Å². The minimum Gasteiger partial charge on any atom is -0.284 e. The van der Waals surface area contributed by atoms with Gasteiger partial charge in [0, 0.05) is 7.05 Å². The van der Waals surface area contributed by atoms with E-state index in [0.29, 0.717) is 5.57 Å². The van der Waals surface area contributed by atoms with Crippen LogP contribution in [-0.2, 0) is 0 Å². The van der Waals surface area contributed by atoms with Crippen LogP contribution in [0.2, 0.25) is 0 Å². The SMILES string of the molecule is C=C/C(C)=C/C(=NC)C(F)(F)F. The first-order valence-corrected chi connectivity index (χ1v) is 3.26. The van der Waals surface area contributed by atoms with E-state index in [1.165, 1.54) is 13.0 Å². The van der Waals surface area contributed by atoms with Gasteiger partial charge in [0.15, 0.2) is 0 Å². The van der Waals surface area contributed by atoms with Gasteiger partial charge in [-0.1, -0.05) is 12.7 Å². The highest BCUT2D eigenvalue weighted by Gasteiger charge is 2.33. The van der Waals surface area contributed by atoms with Crippen molar-refractivity contribution in [1.82, 2.24) is 0 Å². The van der Waals surface area contributed by atoms with Crippen molar-refractivity contribution in [1.29, 1.82) is 0 Å². The molecule has 1 nitrogen and oxygen atoms in total. The lowest BCUT2D eigenvalue weighted by Gasteiger charge is -2.05. The fraction of sp³-hybridized carbons (Fsp3) is 0.375. The molecule has 0 N–H and O–H groups in total. The number of hydrogen-bond donors (Lipinski definition) is 0. The lowest BCUT2D eigenvalue weighted by molar-refractivity contribution is -0.0577. The molecular weight excluding hydrogens is 167 g/mol. The Kier molecular flexibility index (Phi) is 3.73. The zero-order chi connectivity index (χ0) is 9.78. The van der Waals surface area contributed by atoms with Crippen molar-refractivity contribution >= 4 is 5.71 Å². The molecule has 0 heterocycles. The molecule has 0 aromatic heterocycles. The molecule has 12 heavy (non-hydrogen) atoms. The van der Waals surface area contributed by atoms with Gasteiger partial charge < -0.3 is 0 Å². The molecule has 0 radical (unpaired) electrons. The van der Waals surface area contributed by atoms with Gasteiger partial charge in [-0.15, -0.1) is 0 Å². The lowest BCUT2D eigenvalue weighted by Crippen LogP contribution is -2.20. The molecule has 0 aliphatic carbocycles. The normalized spacial score (nSPS) is 14.8. The minimum absolute atomic E-state index is 0.438. The largest absolute Gasteiger partial charge is 0.432 e. The molecule has 68 valence electrons. The Bertz CT molecular complexity index is 223. The fourth-order valence-corrected chi connectivity index (χ4v) is 0.548. The van der Waals surface area contributed by atoms with Gasteiger partial charge in [0.25, 0.3) is 0 Å². The van der Waals surface area contributed by atoms with E-state index < -0.39 is 11.9 Å². The molecule has 0 amide bonds. The van der Waals surface area contributed by atoms with Crippen LogP contribution in [0.3, 0.4) is 0 Å². The molecule has 0 saturated heterocycles. The number of hydrogen-bond acceptors (Lipinski definition) is 1. The van der Waals surface area contributed by atoms with Crippen LogP contribution in [0, 0.1) is 0 Å². The molecule has 0 bridgehead atoms. The zero-order valence-electron chi connectivity index (χ0n) is 6.94. The molecule has 0 atom stereocenters. The summed E-state index contributed by atoms with van der Waals surface area (Å²) in [5.41, 5.74) is -0.451. The van der Waals surface area contributed by atoms with Gasteiger partial charge in [0.2, 0.25) is 0 Å². The average molecular weight is 177 g/mol. The van der Waals surface area contributed by atoms with Crippen LogP contribution in [-0.4, -0.2) is 18.9 Å². The number of allylic oxidation sites excluding steroid dienone is 3. The van der Waals surface area contributed by atoms with E-state index in [2.05, 4.69) is 11.6 Å². The van der Waals surface area contributed by atoms with E-state index in [9.17, 15) is 13.2 Å². The first kappa shape index (κ1) is 10.9. The molecule has 0 unspecified atom stereocenters. The van der Waals surface area contributed by atoms with Crippen LogP contribution in [0.1, 0.15) is 6.92 Å². The summed E-state index contributed by atoms with van der Waals surface area (Å²) in [7, 11) is 1.11. The molecule has 0 aliphatic rings. The maximum absolute atomic E-state index is 12.0. The number of alkyl halides is 3. The predicted molar refractivity (Wildman–Crippen MR) is 43.4 cm³/mol. The molecule has 0 aliphatic heterocycles. The smallest absolute Gasteiger partial charge is 0.284 e. The highest BCUT2D eigenvalue weighted by Crippen LogP contribution is 2.18. The Morgan fingerprint density at radius 3 is 2.17 bits per heavy atom. The van der Waals surface area contributed by atoms with Gasteiger partial charge in [0.1, 0.15) is 5.71 Å². The molecule has 0 fully saturated rings. The highest BCUT2D eigenvalue weighted by atomic mass is 19.4. The molecule has 0 aromatic carbocycles. The lowest BCUT2D eigenvalue weighted by atomic mass is 10.2. The van der Waals surface area contributed by atoms with Crippen LogP contribution in [0.25, 0.3) is 0 Å². The summed E-state index contributed by atoms with van der Waals surface area (Å²) < 4.78 is 36.0. The Balaban J connectivity index is 4.74. The van der Waals surface area contributed by atoms with Gasteiger partial charge in [0.05, 0.1) is 0 Å². The van der Waals surface area contributed by atoms with E-state index in [-0.39, 0.29) is 0 Å². The quantitative estimate of drug-likeness (QED) is 0.454. The minimum atomic E-state index is -4.38. The fourth-order valence-electron chi connectivity index (χ4n) is 0.548. The third kappa shape index (κ3) is 3.37. The monoisotopic (exact) mass is 177 g/mol. The van der Waals surface area contributed by atoms with Crippen LogP contribution >= 0.6 is 0 Å². The van der Waals surface area contributed by atoms with Crippen molar-refractivity contribution in [3.8, 4) is 0 Å². The van der Waals surface area contributed by atoms with Crippen LogP contribution < -0.4 is 0 Å². The summed E-state index contributed by atoms with van der Waals surface area (Å²) in [5, 5.41) is 0. The van der Waals surface area contributed by atoms with Crippen LogP contribution in [0.5, 0.6) is 0 Å². The van der Waals surface area contributed by atoms with Crippen molar-refractivity contribution in [3.05, 3.63) is 24.3 Å². The summed E-state index contributed by atoms with van der Waals surface area (Å²) in [5.74, 6) is 0. The summed E-state index contributed by atoms with van der Waals surface area (Å²) in [6.45, 7) is 4.87. The predicted octanol–water partition coefficient (Wildman–Crippen LogP) is 2.75. The molecule has 0 aromatic rings. The summed E-state index contributed by atoms with van der Waals surface area (Å²) in [6, 6.07) is 0. The van der Waals surface area contributed by atoms with Crippen LogP contribution in [0.4, 0.5) is 13.2 Å². The molecule has 0 saturated carbocycles. The second-order valence-electron chi connectivity index (χ2n) is 2.20. The Labute approximate surface area is 69.3 Å². The average Bonchev–Trinajstić information content (AvgIpc) is 1.97. The summed E-state index contributed by atoms with van der Waals surface area (Å²) in [6.07, 6.45) is -2.08. The zero-order valence-corrected chi connectivity index (χ0v) is 6.94. The number of nitrogens with zero attached hydrogens (tertiary/aromatic N) is 1. The first-order chi connectivity index (χ1) is 5.41. The van der Waals surface area contributed by atoms with Crippen molar-refractivity contribution in [2.45, 2.75) is 13.1 Å². The Hall–Kier alpha value is -1.06. The van der Waals surface area contributed by atoms with E-state index >= 15 is 0 Å². The number of aliphatic imine (C=N–C) groups is 1. The number of halogens is 3. The van der Waals surface area contributed by atoms with Gasteiger partial charge in [-0.3, -0.25) is 4.99 Å². The molecule has 0 rings (SSSR count). The van der Waals surface area contributed by atoms with E-state index in [4.69, 9.17) is 0 Å². The van der Waals surface area contributed by atoms with Crippen molar-refractivity contribution in [3.63, 3.8) is 0 Å². The van der Waals surface area contributed by atoms with Gasteiger partial charge in [-0.25, -0.2) is 0 Å². The topological polar surface area (TPSA) is 12.4 Å². The first-order valence-electron chi connectivity index (χ1n) is 3.26. The van der Waals surface area contributed by atoms with Gasteiger partial charge in [-0.05, 0) is 18.6 Å². The molecule has 4 heteroatoms. The third-order valence-corrected chi connectivity index (χ3v) is 1.22. The Morgan fingerprint density at radius 2 is 1.92 bits per heavy atom. The van der Waals surface area contributed by atoms with Crippen molar-refractivity contribution in [2.24, 2.45) is 4.99 Å². The summed E-state index contributed by atoms with van der Waals surface area (Å²) >= 11 is 0. The second kappa shape index (κ2) is 4.09. The van der Waals surface area contributed by atoms with Crippen molar-refractivity contribution < 1.29 is 13.2 Å². The second-order valence-corrected chi connectivity index (χ2v) is 2.20. The van der Waals surface area contributed by atoms with E-state index in [0.717, 1.165) is 13.1 Å². The van der Waals surface area contributed by atoms with Gasteiger partial charge >= 0.3 is 6.18 Å². The van der Waals surface area contributed by atoms with Crippen LogP contribution in [0.15, 0.2) is 29.3 Å². The third-order valence-electron chi connectivity index (χ3n) is 1.22. The summed E-state index contributed by atoms with van der Waals surface area (Å²) in [4.78, 5) is 3.11. The standard InChI is InChI=1S/C8H10F3N/c1-4-6(2)5-7(12-3)8(9,10)11/h4-5H,1H2,2-3H3/b6-5+,12-7?. The number of rotatable bonds is 2.